The van der Waals surface area contributed by atoms with E-state index in [1.54, 1.807) is 25.2 Å². The summed E-state index contributed by atoms with van der Waals surface area (Å²) in [6.45, 7) is 15.9. The average Bonchev–Trinajstić information content (AvgIpc) is 3.17. The van der Waals surface area contributed by atoms with Crippen LogP contribution < -0.4 is 0 Å². The largest absolute Gasteiger partial charge is 0.457 e. The first-order valence-corrected chi connectivity index (χ1v) is 13.4. The number of Topliss-reactive ketones (excluding diaryl/α,β-unsaturated/α-hetero) is 1. The molecule has 0 aliphatic carbocycles. The molecule has 1 unspecified atom stereocenters. The second kappa shape index (κ2) is 12.3. The van der Waals surface area contributed by atoms with Gasteiger partial charge in [0.15, 0.2) is 0 Å². The number of aromatic nitrogens is 1. The average molecular weight is 490 g/mol. The third kappa shape index (κ3) is 7.61. The standard InChI is InChI=1S/C28H43NO4S/c1-17-11-9-10-12-24(19(3)14-23-16-34-22(6)29-23)33-26(31)15-25(30)28(7,8)27(32)21(5)20(4)18(2)13-17/h9-10,14,16-18,20-21,24-25,30H,11-13,15H2,1-8H3/b10-9-,19-14+/t17?,18-,20-,21+,24-,25-/m0/s1. The van der Waals surface area contributed by atoms with Gasteiger partial charge < -0.3 is 9.84 Å². The van der Waals surface area contributed by atoms with Gasteiger partial charge in [-0.15, -0.1) is 11.3 Å². The Balaban J connectivity index is 2.32. The maximum absolute atomic E-state index is 13.4. The molecule has 0 aromatic carbocycles. The number of esters is 1. The lowest BCUT2D eigenvalue weighted by Gasteiger charge is -2.35. The van der Waals surface area contributed by atoms with Crippen molar-refractivity contribution in [3.63, 3.8) is 0 Å². The molecule has 6 heteroatoms. The Hall–Kier alpha value is -1.79. The maximum Gasteiger partial charge on any atom is 0.309 e. The number of nitrogens with zero attached hydrogens (tertiary/aromatic N) is 1. The number of aryl methyl sites for hydroxylation is 1. The Kier molecular flexibility index (Phi) is 10.3. The van der Waals surface area contributed by atoms with Gasteiger partial charge in [0.1, 0.15) is 11.9 Å². The van der Waals surface area contributed by atoms with Crippen LogP contribution >= 0.6 is 11.3 Å². The van der Waals surface area contributed by atoms with Crippen LogP contribution in [0.1, 0.15) is 84.9 Å². The summed E-state index contributed by atoms with van der Waals surface area (Å²) in [7, 11) is 0. The van der Waals surface area contributed by atoms with Gasteiger partial charge >= 0.3 is 5.97 Å². The third-order valence-corrected chi connectivity index (χ3v) is 8.34. The van der Waals surface area contributed by atoms with Crippen molar-refractivity contribution in [3.8, 4) is 0 Å². The molecule has 0 radical (unpaired) electrons. The van der Waals surface area contributed by atoms with Gasteiger partial charge in [-0.1, -0.05) is 53.7 Å². The molecule has 2 heterocycles. The molecule has 1 aromatic heterocycles. The number of ketones is 1. The minimum Gasteiger partial charge on any atom is -0.457 e. The molecule has 1 N–H and O–H groups in total. The van der Waals surface area contributed by atoms with E-state index in [9.17, 15) is 14.7 Å². The monoisotopic (exact) mass is 489 g/mol. The number of carbonyl (C=O) groups is 2. The summed E-state index contributed by atoms with van der Waals surface area (Å²) in [5.41, 5.74) is 0.719. The first-order chi connectivity index (χ1) is 15.8. The quantitative estimate of drug-likeness (QED) is 0.384. The number of rotatable bonds is 2. The van der Waals surface area contributed by atoms with Crippen LogP contribution in [0.15, 0.2) is 23.1 Å². The lowest BCUT2D eigenvalue weighted by atomic mass is 9.70. The van der Waals surface area contributed by atoms with Gasteiger partial charge in [0.25, 0.3) is 0 Å². The number of thiazole rings is 1. The molecule has 2 rings (SSSR count). The molecule has 0 bridgehead atoms. The minimum atomic E-state index is -1.11. The number of cyclic esters (lactones) is 1. The highest BCUT2D eigenvalue weighted by atomic mass is 32.1. The van der Waals surface area contributed by atoms with E-state index in [1.807, 2.05) is 32.2 Å². The summed E-state index contributed by atoms with van der Waals surface area (Å²) in [5, 5.41) is 13.9. The fourth-order valence-electron chi connectivity index (χ4n) is 4.70. The molecule has 0 amide bonds. The van der Waals surface area contributed by atoms with Crippen molar-refractivity contribution in [1.29, 1.82) is 0 Å². The van der Waals surface area contributed by atoms with Crippen molar-refractivity contribution in [2.45, 2.75) is 93.3 Å². The molecule has 0 spiro atoms. The van der Waals surface area contributed by atoms with Gasteiger partial charge in [0.05, 0.1) is 28.6 Å². The first kappa shape index (κ1) is 28.4. The van der Waals surface area contributed by atoms with Crippen LogP contribution in [0.2, 0.25) is 0 Å². The summed E-state index contributed by atoms with van der Waals surface area (Å²) in [6, 6.07) is 0. The van der Waals surface area contributed by atoms with Gasteiger partial charge in [0, 0.05) is 17.7 Å². The number of carbonyl (C=O) groups excluding carboxylic acids is 2. The van der Waals surface area contributed by atoms with Crippen LogP contribution in [-0.4, -0.2) is 34.1 Å². The number of allylic oxidation sites excluding steroid dienone is 1. The van der Waals surface area contributed by atoms with E-state index < -0.39 is 23.6 Å². The fourth-order valence-corrected chi connectivity index (χ4v) is 5.27. The zero-order valence-electron chi connectivity index (χ0n) is 22.1. The van der Waals surface area contributed by atoms with Crippen LogP contribution in [0.25, 0.3) is 6.08 Å². The normalized spacial score (nSPS) is 33.4. The van der Waals surface area contributed by atoms with E-state index in [1.165, 1.54) is 0 Å². The molecule has 1 aliphatic heterocycles. The Morgan fingerprint density at radius 1 is 1.18 bits per heavy atom. The highest BCUT2D eigenvalue weighted by Crippen LogP contribution is 2.35. The van der Waals surface area contributed by atoms with Gasteiger partial charge in [-0.2, -0.15) is 0 Å². The van der Waals surface area contributed by atoms with E-state index in [-0.39, 0.29) is 24.0 Å². The molecule has 0 saturated heterocycles. The smallest absolute Gasteiger partial charge is 0.309 e. The highest BCUT2D eigenvalue weighted by Gasteiger charge is 2.41. The van der Waals surface area contributed by atoms with E-state index in [4.69, 9.17) is 4.74 Å². The van der Waals surface area contributed by atoms with Crippen LogP contribution in [0.5, 0.6) is 0 Å². The predicted molar refractivity (Wildman–Crippen MR) is 139 cm³/mol. The van der Waals surface area contributed by atoms with Crippen molar-refractivity contribution < 1.29 is 19.4 Å². The van der Waals surface area contributed by atoms with Gasteiger partial charge in [0.2, 0.25) is 0 Å². The van der Waals surface area contributed by atoms with Crippen LogP contribution in [0.4, 0.5) is 0 Å². The van der Waals surface area contributed by atoms with Gasteiger partial charge in [-0.05, 0) is 56.1 Å². The van der Waals surface area contributed by atoms with E-state index in [2.05, 4.69) is 37.9 Å². The van der Waals surface area contributed by atoms with E-state index >= 15 is 0 Å². The van der Waals surface area contributed by atoms with Crippen molar-refractivity contribution in [2.75, 3.05) is 0 Å². The first-order valence-electron chi connectivity index (χ1n) is 12.5. The number of hydrogen-bond acceptors (Lipinski definition) is 6. The molecule has 1 aromatic rings. The van der Waals surface area contributed by atoms with Crippen molar-refractivity contribution in [1.82, 2.24) is 4.98 Å². The second-order valence-corrected chi connectivity index (χ2v) is 11.9. The summed E-state index contributed by atoms with van der Waals surface area (Å²) < 4.78 is 5.83. The molecule has 0 saturated carbocycles. The van der Waals surface area contributed by atoms with E-state index in [0.29, 0.717) is 18.3 Å². The second-order valence-electron chi connectivity index (χ2n) is 10.9. The number of aliphatic hydroxyl groups excluding tert-OH is 1. The van der Waals surface area contributed by atoms with E-state index in [0.717, 1.165) is 29.1 Å². The maximum atomic E-state index is 13.4. The molecular weight excluding hydrogens is 446 g/mol. The Bertz CT molecular complexity index is 900. The summed E-state index contributed by atoms with van der Waals surface area (Å²) in [5.74, 6) is 0.357. The lowest BCUT2D eigenvalue weighted by Crippen LogP contribution is -2.44. The molecule has 6 atom stereocenters. The Morgan fingerprint density at radius 2 is 1.82 bits per heavy atom. The van der Waals surface area contributed by atoms with Crippen LogP contribution in [0.3, 0.4) is 0 Å². The van der Waals surface area contributed by atoms with Crippen LogP contribution in [-0.2, 0) is 14.3 Å². The molecule has 1 aliphatic rings. The lowest BCUT2D eigenvalue weighted by molar-refractivity contribution is -0.153. The van der Waals surface area contributed by atoms with Gasteiger partial charge in [-0.25, -0.2) is 4.98 Å². The topological polar surface area (TPSA) is 76.5 Å². The summed E-state index contributed by atoms with van der Waals surface area (Å²) >= 11 is 1.58. The number of hydrogen-bond donors (Lipinski definition) is 1. The zero-order chi connectivity index (χ0) is 25.6. The molecule has 34 heavy (non-hydrogen) atoms. The summed E-state index contributed by atoms with van der Waals surface area (Å²) in [6.07, 6.45) is 6.98. The number of ether oxygens (including phenoxy) is 1. The van der Waals surface area contributed by atoms with Crippen molar-refractivity contribution in [2.24, 2.45) is 29.1 Å². The molecule has 190 valence electrons. The highest BCUT2D eigenvalue weighted by molar-refractivity contribution is 7.09. The number of aliphatic hydroxyl groups is 1. The molecule has 0 fully saturated rings. The van der Waals surface area contributed by atoms with Crippen molar-refractivity contribution >= 4 is 29.2 Å². The SMILES string of the molecule is C/C(=C\c1csc(C)n1)[C@@H]1C/C=C\CC(C)C[C@H](C)[C@H](C)[C@@H](C)C(=O)C(C)(C)[C@@H](O)CC(=O)O1. The Labute approximate surface area is 209 Å². The predicted octanol–water partition coefficient (Wildman–Crippen LogP) is 6.40. The van der Waals surface area contributed by atoms with Gasteiger partial charge in [-0.3, -0.25) is 9.59 Å². The minimum absolute atomic E-state index is 0.00155. The third-order valence-electron chi connectivity index (χ3n) is 7.55. The zero-order valence-corrected chi connectivity index (χ0v) is 22.9. The molecular formula is C28H43NO4S. The summed E-state index contributed by atoms with van der Waals surface area (Å²) in [4.78, 5) is 30.7. The fraction of sp³-hybridized carbons (Fsp3) is 0.679. The van der Waals surface area contributed by atoms with Crippen LogP contribution in [0, 0.1) is 36.0 Å². The van der Waals surface area contributed by atoms with Crippen molar-refractivity contribution in [3.05, 3.63) is 33.8 Å². The molecule has 5 nitrogen and oxygen atoms in total. The Morgan fingerprint density at radius 3 is 2.44 bits per heavy atom.